The zero-order valence-corrected chi connectivity index (χ0v) is 10.1. The van der Waals surface area contributed by atoms with E-state index in [0.29, 0.717) is 24.4 Å². The molecule has 3 N–H and O–H groups in total. The van der Waals surface area contributed by atoms with Crippen LogP contribution in [0, 0.1) is 12.7 Å². The molecule has 0 unspecified atom stereocenters. The summed E-state index contributed by atoms with van der Waals surface area (Å²) in [5.74, 6) is 0.217. The van der Waals surface area contributed by atoms with Crippen LogP contribution in [0.3, 0.4) is 0 Å². The summed E-state index contributed by atoms with van der Waals surface area (Å²) in [5.41, 5.74) is 6.75. The number of carbonyl (C=O) groups is 1. The number of nitrogens with one attached hydrogen (secondary N) is 1. The first kappa shape index (κ1) is 12.6. The second kappa shape index (κ2) is 5.18. The first-order valence-electron chi connectivity index (χ1n) is 5.76. The Balaban J connectivity index is 2.19. The van der Waals surface area contributed by atoms with Gasteiger partial charge in [0.05, 0.1) is 6.54 Å². The van der Waals surface area contributed by atoms with Crippen LogP contribution in [0.5, 0.6) is 0 Å². The standard InChI is InChI=1S/C13H15FN2O2/c1-8-10-6-9(14)2-3-11(10)18-12(8)7-16-13(17)4-5-15/h2-3,6H,4-5,7,15H2,1H3,(H,16,17). The first-order chi connectivity index (χ1) is 8.61. The van der Waals surface area contributed by atoms with Crippen molar-refractivity contribution in [1.82, 2.24) is 5.32 Å². The fraction of sp³-hybridized carbons (Fsp3) is 0.308. The Morgan fingerprint density at radius 1 is 1.50 bits per heavy atom. The number of halogens is 1. The molecule has 96 valence electrons. The van der Waals surface area contributed by atoms with E-state index >= 15 is 0 Å². The van der Waals surface area contributed by atoms with Gasteiger partial charge in [0, 0.05) is 23.9 Å². The van der Waals surface area contributed by atoms with Gasteiger partial charge >= 0.3 is 0 Å². The van der Waals surface area contributed by atoms with Gasteiger partial charge in [-0.1, -0.05) is 0 Å². The predicted molar refractivity (Wildman–Crippen MR) is 66.4 cm³/mol. The van der Waals surface area contributed by atoms with Crippen molar-refractivity contribution in [2.45, 2.75) is 19.9 Å². The lowest BCUT2D eigenvalue weighted by molar-refractivity contribution is -0.121. The molecule has 0 fully saturated rings. The molecule has 0 spiro atoms. The molecule has 0 saturated carbocycles. The summed E-state index contributed by atoms with van der Waals surface area (Å²) < 4.78 is 18.7. The van der Waals surface area contributed by atoms with Crippen molar-refractivity contribution in [2.75, 3.05) is 6.54 Å². The van der Waals surface area contributed by atoms with Crippen LogP contribution in [0.15, 0.2) is 22.6 Å². The minimum Gasteiger partial charge on any atom is -0.459 e. The number of furan rings is 1. The van der Waals surface area contributed by atoms with Gasteiger partial charge in [-0.25, -0.2) is 4.39 Å². The Morgan fingerprint density at radius 2 is 2.28 bits per heavy atom. The average molecular weight is 250 g/mol. The van der Waals surface area contributed by atoms with Crippen molar-refractivity contribution in [3.63, 3.8) is 0 Å². The van der Waals surface area contributed by atoms with Gasteiger partial charge in [0.15, 0.2) is 0 Å². The predicted octanol–water partition coefficient (Wildman–Crippen LogP) is 1.85. The zero-order chi connectivity index (χ0) is 13.1. The molecule has 1 amide bonds. The average Bonchev–Trinajstić information content (AvgIpc) is 2.64. The Labute approximate surface area is 104 Å². The van der Waals surface area contributed by atoms with Crippen LogP contribution in [0.1, 0.15) is 17.7 Å². The van der Waals surface area contributed by atoms with Crippen LogP contribution >= 0.6 is 0 Å². The van der Waals surface area contributed by atoms with E-state index < -0.39 is 0 Å². The lowest BCUT2D eigenvalue weighted by Gasteiger charge is -2.02. The molecule has 1 aromatic carbocycles. The first-order valence-corrected chi connectivity index (χ1v) is 5.76. The van der Waals surface area contributed by atoms with E-state index in [1.54, 1.807) is 6.07 Å². The maximum atomic E-state index is 13.1. The quantitative estimate of drug-likeness (QED) is 0.870. The molecule has 0 aliphatic carbocycles. The molecule has 4 nitrogen and oxygen atoms in total. The highest BCUT2D eigenvalue weighted by molar-refractivity contribution is 5.82. The maximum Gasteiger partial charge on any atom is 0.221 e. The number of rotatable bonds is 4. The van der Waals surface area contributed by atoms with Crippen molar-refractivity contribution < 1.29 is 13.6 Å². The molecule has 18 heavy (non-hydrogen) atoms. The SMILES string of the molecule is Cc1c(CNC(=O)CCN)oc2ccc(F)cc12. The molecule has 0 atom stereocenters. The van der Waals surface area contributed by atoms with E-state index in [-0.39, 0.29) is 18.1 Å². The molecule has 1 heterocycles. The zero-order valence-electron chi connectivity index (χ0n) is 10.1. The van der Waals surface area contributed by atoms with Crippen LogP contribution < -0.4 is 11.1 Å². The normalized spacial score (nSPS) is 10.8. The summed E-state index contributed by atoms with van der Waals surface area (Å²) in [5, 5.41) is 3.44. The number of hydrogen-bond acceptors (Lipinski definition) is 3. The number of benzene rings is 1. The van der Waals surface area contributed by atoms with Crippen molar-refractivity contribution >= 4 is 16.9 Å². The monoisotopic (exact) mass is 250 g/mol. The smallest absolute Gasteiger partial charge is 0.221 e. The molecular formula is C13H15FN2O2. The molecule has 0 radical (unpaired) electrons. The van der Waals surface area contributed by atoms with E-state index in [4.69, 9.17) is 10.2 Å². The molecular weight excluding hydrogens is 235 g/mol. The van der Waals surface area contributed by atoms with Crippen LogP contribution in [-0.2, 0) is 11.3 Å². The molecule has 0 aliphatic heterocycles. The van der Waals surface area contributed by atoms with Gasteiger partial charge < -0.3 is 15.5 Å². The number of carbonyl (C=O) groups excluding carboxylic acids is 1. The minimum atomic E-state index is -0.301. The third-order valence-electron chi connectivity index (χ3n) is 2.81. The molecule has 0 bridgehead atoms. The molecule has 0 aliphatic rings. The number of nitrogens with two attached hydrogens (primary N) is 1. The molecule has 1 aromatic heterocycles. The topological polar surface area (TPSA) is 68.3 Å². The van der Waals surface area contributed by atoms with Crippen LogP contribution in [0.4, 0.5) is 4.39 Å². The van der Waals surface area contributed by atoms with Gasteiger partial charge in [0.2, 0.25) is 5.91 Å². The van der Waals surface area contributed by atoms with Crippen molar-refractivity contribution in [2.24, 2.45) is 5.73 Å². The lowest BCUT2D eigenvalue weighted by atomic mass is 10.1. The largest absolute Gasteiger partial charge is 0.459 e. The molecule has 2 rings (SSSR count). The Kier molecular flexibility index (Phi) is 3.62. The van der Waals surface area contributed by atoms with Gasteiger partial charge in [-0.05, 0) is 25.1 Å². The Morgan fingerprint density at radius 3 is 3.00 bits per heavy atom. The van der Waals surface area contributed by atoms with Crippen LogP contribution in [0.2, 0.25) is 0 Å². The number of aryl methyl sites for hydroxylation is 1. The van der Waals surface area contributed by atoms with Crippen molar-refractivity contribution in [3.8, 4) is 0 Å². The Hall–Kier alpha value is -1.88. The second-order valence-corrected chi connectivity index (χ2v) is 4.11. The van der Waals surface area contributed by atoms with Gasteiger partial charge in [-0.3, -0.25) is 4.79 Å². The van der Waals surface area contributed by atoms with E-state index in [1.807, 2.05) is 6.92 Å². The van der Waals surface area contributed by atoms with Gasteiger partial charge in [-0.15, -0.1) is 0 Å². The van der Waals surface area contributed by atoms with E-state index in [2.05, 4.69) is 5.32 Å². The van der Waals surface area contributed by atoms with Crippen molar-refractivity contribution in [1.29, 1.82) is 0 Å². The van der Waals surface area contributed by atoms with E-state index in [1.165, 1.54) is 12.1 Å². The van der Waals surface area contributed by atoms with Gasteiger partial charge in [0.25, 0.3) is 0 Å². The maximum absolute atomic E-state index is 13.1. The molecule has 2 aromatic rings. The third-order valence-corrected chi connectivity index (χ3v) is 2.81. The van der Waals surface area contributed by atoms with Crippen molar-refractivity contribution in [3.05, 3.63) is 35.3 Å². The van der Waals surface area contributed by atoms with Gasteiger partial charge in [-0.2, -0.15) is 0 Å². The van der Waals surface area contributed by atoms with Crippen LogP contribution in [0.25, 0.3) is 11.0 Å². The summed E-state index contributed by atoms with van der Waals surface area (Å²) in [6, 6.07) is 4.37. The van der Waals surface area contributed by atoms with E-state index in [0.717, 1.165) is 10.9 Å². The van der Waals surface area contributed by atoms with Crippen LogP contribution in [-0.4, -0.2) is 12.5 Å². The van der Waals surface area contributed by atoms with E-state index in [9.17, 15) is 9.18 Å². The fourth-order valence-electron chi connectivity index (χ4n) is 1.81. The summed E-state index contributed by atoms with van der Waals surface area (Å²) in [7, 11) is 0. The van der Waals surface area contributed by atoms with Gasteiger partial charge in [0.1, 0.15) is 17.2 Å². The summed E-state index contributed by atoms with van der Waals surface area (Å²) in [6.45, 7) is 2.45. The molecule has 5 heteroatoms. The number of fused-ring (bicyclic) bond motifs is 1. The highest BCUT2D eigenvalue weighted by Gasteiger charge is 2.11. The molecule has 0 saturated heterocycles. The third kappa shape index (κ3) is 2.51. The summed E-state index contributed by atoms with van der Waals surface area (Å²) in [6.07, 6.45) is 0.286. The number of hydrogen-bond donors (Lipinski definition) is 2. The highest BCUT2D eigenvalue weighted by atomic mass is 19.1. The summed E-state index contributed by atoms with van der Waals surface area (Å²) in [4.78, 5) is 11.3. The lowest BCUT2D eigenvalue weighted by Crippen LogP contribution is -2.25. The number of amides is 1. The second-order valence-electron chi connectivity index (χ2n) is 4.11. The summed E-state index contributed by atoms with van der Waals surface area (Å²) >= 11 is 0. The highest BCUT2D eigenvalue weighted by Crippen LogP contribution is 2.25. The Bertz CT molecular complexity index is 578. The minimum absolute atomic E-state index is 0.122. The fourth-order valence-corrected chi connectivity index (χ4v) is 1.81.